The molecular formula is C19H28N2O2. The van der Waals surface area contributed by atoms with Crippen molar-refractivity contribution in [3.63, 3.8) is 0 Å². The number of benzene rings is 1. The van der Waals surface area contributed by atoms with E-state index in [4.69, 9.17) is 0 Å². The second kappa shape index (κ2) is 8.70. The lowest BCUT2D eigenvalue weighted by atomic mass is 9.86. The summed E-state index contributed by atoms with van der Waals surface area (Å²) in [6, 6.07) is 7.86. The number of aryl methyl sites for hydroxylation is 1. The first-order valence-electron chi connectivity index (χ1n) is 8.81. The van der Waals surface area contributed by atoms with Crippen LogP contribution in [-0.4, -0.2) is 17.9 Å². The van der Waals surface area contributed by atoms with Crippen molar-refractivity contribution in [3.05, 3.63) is 29.8 Å². The standard InChI is InChI=1S/C19H28N2O2/c1-3-4-8-15-10-12-16(13-11-15)20-18(22)19(23)21-17-9-6-5-7-14(17)2/h10-14,17H,3-9H2,1-2H3,(H,20,22)(H,21,23)/t14-,17-/m0/s1. The van der Waals surface area contributed by atoms with Crippen LogP contribution in [0.15, 0.2) is 24.3 Å². The monoisotopic (exact) mass is 316 g/mol. The Morgan fingerprint density at radius 2 is 1.78 bits per heavy atom. The largest absolute Gasteiger partial charge is 0.345 e. The van der Waals surface area contributed by atoms with Gasteiger partial charge in [0.1, 0.15) is 0 Å². The zero-order valence-corrected chi connectivity index (χ0v) is 14.2. The fraction of sp³-hybridized carbons (Fsp3) is 0.579. The number of anilines is 1. The van der Waals surface area contributed by atoms with Crippen molar-refractivity contribution >= 4 is 17.5 Å². The second-order valence-electron chi connectivity index (χ2n) is 6.60. The number of amides is 2. The molecule has 2 amide bonds. The number of carbonyl (C=O) groups excluding carboxylic acids is 2. The van der Waals surface area contributed by atoms with Crippen molar-refractivity contribution in [1.29, 1.82) is 0 Å². The summed E-state index contributed by atoms with van der Waals surface area (Å²) in [4.78, 5) is 24.1. The molecule has 0 heterocycles. The van der Waals surface area contributed by atoms with E-state index < -0.39 is 11.8 Å². The van der Waals surface area contributed by atoms with Gasteiger partial charge in [-0.25, -0.2) is 0 Å². The van der Waals surface area contributed by atoms with Crippen LogP contribution in [0.4, 0.5) is 5.69 Å². The van der Waals surface area contributed by atoms with Crippen LogP contribution in [0.1, 0.15) is 57.9 Å². The van der Waals surface area contributed by atoms with Crippen LogP contribution in [0.3, 0.4) is 0 Å². The molecule has 2 atom stereocenters. The normalized spacial score (nSPS) is 20.8. The number of hydrogen-bond donors (Lipinski definition) is 2. The summed E-state index contributed by atoms with van der Waals surface area (Å²) < 4.78 is 0. The minimum absolute atomic E-state index is 0.124. The molecule has 1 aromatic rings. The number of unbranched alkanes of at least 4 members (excludes halogenated alkanes) is 1. The Bertz CT molecular complexity index is 525. The van der Waals surface area contributed by atoms with E-state index in [1.165, 1.54) is 12.0 Å². The first-order valence-corrected chi connectivity index (χ1v) is 8.81. The molecule has 0 bridgehead atoms. The van der Waals surface area contributed by atoms with Gasteiger partial charge in [-0.05, 0) is 49.3 Å². The number of carbonyl (C=O) groups is 2. The number of hydrogen-bond acceptors (Lipinski definition) is 2. The average molecular weight is 316 g/mol. The predicted octanol–water partition coefficient (Wildman–Crippen LogP) is 3.66. The Hall–Kier alpha value is -1.84. The van der Waals surface area contributed by atoms with E-state index >= 15 is 0 Å². The van der Waals surface area contributed by atoms with Gasteiger partial charge in [-0.1, -0.05) is 45.2 Å². The van der Waals surface area contributed by atoms with Gasteiger partial charge in [0.25, 0.3) is 0 Å². The summed E-state index contributed by atoms with van der Waals surface area (Å²) in [5.41, 5.74) is 1.92. The molecule has 0 aromatic heterocycles. The Labute approximate surface area is 139 Å². The van der Waals surface area contributed by atoms with Gasteiger partial charge in [-0.3, -0.25) is 9.59 Å². The molecule has 1 aliphatic rings. The Kier molecular flexibility index (Phi) is 6.63. The van der Waals surface area contributed by atoms with Crippen molar-refractivity contribution in [2.45, 2.75) is 64.8 Å². The van der Waals surface area contributed by atoms with E-state index in [1.807, 2.05) is 24.3 Å². The third-order valence-corrected chi connectivity index (χ3v) is 4.67. The summed E-state index contributed by atoms with van der Waals surface area (Å²) in [5, 5.41) is 5.56. The molecule has 1 aliphatic carbocycles. The van der Waals surface area contributed by atoms with Gasteiger partial charge in [0.2, 0.25) is 0 Å². The summed E-state index contributed by atoms with van der Waals surface area (Å²) >= 11 is 0. The summed E-state index contributed by atoms with van der Waals surface area (Å²) in [6.45, 7) is 4.30. The lowest BCUT2D eigenvalue weighted by molar-refractivity contribution is -0.137. The summed E-state index contributed by atoms with van der Waals surface area (Å²) in [7, 11) is 0. The Morgan fingerprint density at radius 1 is 1.09 bits per heavy atom. The lowest BCUT2D eigenvalue weighted by Gasteiger charge is -2.29. The maximum Gasteiger partial charge on any atom is 0.313 e. The van der Waals surface area contributed by atoms with Crippen molar-refractivity contribution in [2.24, 2.45) is 5.92 Å². The second-order valence-corrected chi connectivity index (χ2v) is 6.60. The van der Waals surface area contributed by atoms with Crippen molar-refractivity contribution < 1.29 is 9.59 Å². The molecule has 0 unspecified atom stereocenters. The van der Waals surface area contributed by atoms with E-state index in [0.29, 0.717) is 11.6 Å². The molecule has 0 saturated heterocycles. The molecule has 0 aliphatic heterocycles. The average Bonchev–Trinajstić information content (AvgIpc) is 2.56. The molecule has 1 aromatic carbocycles. The lowest BCUT2D eigenvalue weighted by Crippen LogP contribution is -2.45. The molecule has 126 valence electrons. The van der Waals surface area contributed by atoms with E-state index in [9.17, 15) is 9.59 Å². The van der Waals surface area contributed by atoms with E-state index in [2.05, 4.69) is 24.5 Å². The molecule has 0 radical (unpaired) electrons. The fourth-order valence-corrected chi connectivity index (χ4v) is 3.09. The molecule has 4 heteroatoms. The minimum atomic E-state index is -0.580. The zero-order chi connectivity index (χ0) is 16.7. The number of nitrogens with one attached hydrogen (secondary N) is 2. The third-order valence-electron chi connectivity index (χ3n) is 4.67. The molecule has 0 spiro atoms. The van der Waals surface area contributed by atoms with Gasteiger partial charge >= 0.3 is 11.8 Å². The number of rotatable bonds is 5. The highest BCUT2D eigenvalue weighted by molar-refractivity contribution is 6.39. The van der Waals surface area contributed by atoms with Crippen molar-refractivity contribution in [1.82, 2.24) is 5.32 Å². The van der Waals surface area contributed by atoms with Crippen LogP contribution in [0.5, 0.6) is 0 Å². The van der Waals surface area contributed by atoms with Crippen LogP contribution in [0, 0.1) is 5.92 Å². The highest BCUT2D eigenvalue weighted by atomic mass is 16.2. The SMILES string of the molecule is CCCCc1ccc(NC(=O)C(=O)N[C@H]2CCCC[C@@H]2C)cc1. The quantitative estimate of drug-likeness (QED) is 0.814. The van der Waals surface area contributed by atoms with Gasteiger partial charge in [-0.2, -0.15) is 0 Å². The van der Waals surface area contributed by atoms with Crippen LogP contribution >= 0.6 is 0 Å². The Balaban J connectivity index is 1.84. The molecule has 1 saturated carbocycles. The van der Waals surface area contributed by atoms with Gasteiger partial charge in [0.05, 0.1) is 0 Å². The topological polar surface area (TPSA) is 58.2 Å². The van der Waals surface area contributed by atoms with Crippen LogP contribution in [-0.2, 0) is 16.0 Å². The highest BCUT2D eigenvalue weighted by Gasteiger charge is 2.25. The maximum atomic E-state index is 12.0. The summed E-state index contributed by atoms with van der Waals surface area (Å²) in [6.07, 6.45) is 7.79. The van der Waals surface area contributed by atoms with E-state index in [-0.39, 0.29) is 6.04 Å². The van der Waals surface area contributed by atoms with E-state index in [0.717, 1.165) is 38.5 Å². The smallest absolute Gasteiger partial charge is 0.313 e. The van der Waals surface area contributed by atoms with Crippen molar-refractivity contribution in [3.8, 4) is 0 Å². The molecule has 2 rings (SSSR count). The molecule has 23 heavy (non-hydrogen) atoms. The molecule has 1 fully saturated rings. The van der Waals surface area contributed by atoms with Gasteiger partial charge in [0, 0.05) is 11.7 Å². The van der Waals surface area contributed by atoms with Crippen molar-refractivity contribution in [2.75, 3.05) is 5.32 Å². The molecular weight excluding hydrogens is 288 g/mol. The van der Waals surface area contributed by atoms with Gasteiger partial charge in [-0.15, -0.1) is 0 Å². The van der Waals surface area contributed by atoms with Crippen LogP contribution in [0.2, 0.25) is 0 Å². The van der Waals surface area contributed by atoms with Crippen LogP contribution < -0.4 is 10.6 Å². The molecule has 2 N–H and O–H groups in total. The minimum Gasteiger partial charge on any atom is -0.345 e. The first-order chi connectivity index (χ1) is 11.1. The highest BCUT2D eigenvalue weighted by Crippen LogP contribution is 2.23. The Morgan fingerprint density at radius 3 is 2.43 bits per heavy atom. The predicted molar refractivity (Wildman–Crippen MR) is 93.2 cm³/mol. The summed E-state index contributed by atoms with van der Waals surface area (Å²) in [5.74, 6) is -0.666. The third kappa shape index (κ3) is 5.38. The fourth-order valence-electron chi connectivity index (χ4n) is 3.09. The van der Waals surface area contributed by atoms with Gasteiger partial charge in [0.15, 0.2) is 0 Å². The first kappa shape index (κ1) is 17.5. The maximum absolute atomic E-state index is 12.0. The van der Waals surface area contributed by atoms with Crippen LogP contribution in [0.25, 0.3) is 0 Å². The van der Waals surface area contributed by atoms with E-state index in [1.54, 1.807) is 0 Å². The van der Waals surface area contributed by atoms with Gasteiger partial charge < -0.3 is 10.6 Å². The zero-order valence-electron chi connectivity index (χ0n) is 14.2. The molecule has 4 nitrogen and oxygen atoms in total.